The van der Waals surface area contributed by atoms with E-state index < -0.39 is 0 Å². The standard InChI is InChI=1S/C24H28N2O4/c1-3-30-23(27)18-10-7-11-20(14-18)26(24(28)29-2)22-19-12-13-21(22)25(16-19)15-17-8-5-4-6-9-17/h4-11,14,19,21-22H,3,12-13,15-16H2,1-2H3. The van der Waals surface area contributed by atoms with Gasteiger partial charge in [-0.3, -0.25) is 9.80 Å². The third-order valence-electron chi connectivity index (χ3n) is 6.18. The normalized spacial score (nSPS) is 22.7. The van der Waals surface area contributed by atoms with Crippen molar-refractivity contribution in [3.8, 4) is 0 Å². The van der Waals surface area contributed by atoms with Crippen molar-refractivity contribution in [2.24, 2.45) is 5.92 Å². The fourth-order valence-corrected chi connectivity index (χ4v) is 4.95. The summed E-state index contributed by atoms with van der Waals surface area (Å²) in [5.74, 6) is -0.00618. The van der Waals surface area contributed by atoms with Crippen molar-refractivity contribution in [2.45, 2.75) is 38.4 Å². The maximum Gasteiger partial charge on any atom is 0.414 e. The Morgan fingerprint density at radius 2 is 1.90 bits per heavy atom. The summed E-state index contributed by atoms with van der Waals surface area (Å²) in [7, 11) is 1.41. The van der Waals surface area contributed by atoms with E-state index in [0.717, 1.165) is 25.9 Å². The smallest absolute Gasteiger partial charge is 0.414 e. The number of methoxy groups -OCH3 is 1. The van der Waals surface area contributed by atoms with Gasteiger partial charge in [0.05, 0.1) is 25.3 Å². The second-order valence-electron chi connectivity index (χ2n) is 7.92. The van der Waals surface area contributed by atoms with Crippen molar-refractivity contribution < 1.29 is 19.1 Å². The molecule has 0 spiro atoms. The minimum atomic E-state index is -0.389. The Hall–Kier alpha value is -2.86. The second-order valence-corrected chi connectivity index (χ2v) is 7.92. The molecule has 2 aromatic rings. The Morgan fingerprint density at radius 1 is 1.10 bits per heavy atom. The Balaban J connectivity index is 1.61. The highest BCUT2D eigenvalue weighted by atomic mass is 16.5. The first-order valence-corrected chi connectivity index (χ1v) is 10.5. The summed E-state index contributed by atoms with van der Waals surface area (Å²) < 4.78 is 10.3. The van der Waals surface area contributed by atoms with Crippen molar-refractivity contribution in [3.63, 3.8) is 0 Å². The Labute approximate surface area is 177 Å². The van der Waals surface area contributed by atoms with Crippen LogP contribution in [0.5, 0.6) is 0 Å². The van der Waals surface area contributed by atoms with Crippen LogP contribution in [0.25, 0.3) is 0 Å². The van der Waals surface area contributed by atoms with Crippen LogP contribution in [0.1, 0.15) is 35.7 Å². The monoisotopic (exact) mass is 408 g/mol. The van der Waals surface area contributed by atoms with E-state index in [0.29, 0.717) is 23.8 Å². The number of ether oxygens (including phenoxy) is 2. The predicted molar refractivity (Wildman–Crippen MR) is 114 cm³/mol. The van der Waals surface area contributed by atoms with Crippen LogP contribution in [0.15, 0.2) is 54.6 Å². The predicted octanol–water partition coefficient (Wildman–Crippen LogP) is 4.10. The summed E-state index contributed by atoms with van der Waals surface area (Å²) in [6.07, 6.45) is 1.75. The van der Waals surface area contributed by atoms with E-state index in [4.69, 9.17) is 9.47 Å². The first-order valence-electron chi connectivity index (χ1n) is 10.5. The third kappa shape index (κ3) is 3.92. The number of hydrogen-bond donors (Lipinski definition) is 0. The molecular formula is C24H28N2O4. The maximum absolute atomic E-state index is 12.9. The number of hydrogen-bond acceptors (Lipinski definition) is 5. The summed E-state index contributed by atoms with van der Waals surface area (Å²) in [6.45, 7) is 3.91. The number of esters is 1. The molecule has 6 heteroatoms. The third-order valence-corrected chi connectivity index (χ3v) is 6.18. The maximum atomic E-state index is 12.9. The molecule has 3 unspecified atom stereocenters. The molecule has 0 N–H and O–H groups in total. The van der Waals surface area contributed by atoms with Gasteiger partial charge in [0.15, 0.2) is 0 Å². The van der Waals surface area contributed by atoms with Gasteiger partial charge in [-0.05, 0) is 49.4 Å². The van der Waals surface area contributed by atoms with E-state index in [1.807, 2.05) is 12.1 Å². The highest BCUT2D eigenvalue weighted by Crippen LogP contribution is 2.43. The summed E-state index contributed by atoms with van der Waals surface area (Å²) >= 11 is 0. The number of nitrogens with zero attached hydrogens (tertiary/aromatic N) is 2. The summed E-state index contributed by atoms with van der Waals surface area (Å²) in [5, 5.41) is 0. The Bertz CT molecular complexity index is 901. The molecule has 158 valence electrons. The van der Waals surface area contributed by atoms with Gasteiger partial charge in [-0.1, -0.05) is 36.4 Å². The molecule has 4 rings (SSSR count). The van der Waals surface area contributed by atoms with Gasteiger partial charge in [0, 0.05) is 24.8 Å². The lowest BCUT2D eigenvalue weighted by Crippen LogP contribution is -2.47. The quantitative estimate of drug-likeness (QED) is 0.674. The lowest BCUT2D eigenvalue weighted by atomic mass is 10.0. The number of amides is 1. The van der Waals surface area contributed by atoms with Gasteiger partial charge in [-0.25, -0.2) is 9.59 Å². The zero-order valence-corrected chi connectivity index (χ0v) is 17.5. The molecular weight excluding hydrogens is 380 g/mol. The van der Waals surface area contributed by atoms with E-state index in [9.17, 15) is 9.59 Å². The number of anilines is 1. The Morgan fingerprint density at radius 3 is 2.63 bits per heavy atom. The van der Waals surface area contributed by atoms with Crippen LogP contribution in [0.4, 0.5) is 10.5 Å². The zero-order chi connectivity index (χ0) is 21.1. The molecule has 1 heterocycles. The van der Waals surface area contributed by atoms with Crippen LogP contribution in [-0.2, 0) is 16.0 Å². The molecule has 1 saturated heterocycles. The van der Waals surface area contributed by atoms with Crippen LogP contribution in [0.3, 0.4) is 0 Å². The SMILES string of the molecule is CCOC(=O)c1cccc(N(C(=O)OC)C2C3CCC2N(Cc2ccccc2)C3)c1. The number of carbonyl (C=O) groups is 2. The minimum absolute atomic E-state index is 0.0265. The van der Waals surface area contributed by atoms with Gasteiger partial charge >= 0.3 is 12.1 Å². The molecule has 30 heavy (non-hydrogen) atoms. The highest BCUT2D eigenvalue weighted by Gasteiger charge is 2.51. The largest absolute Gasteiger partial charge is 0.462 e. The number of rotatable bonds is 6. The van der Waals surface area contributed by atoms with Crippen molar-refractivity contribution in [2.75, 3.05) is 25.2 Å². The number of fused-ring (bicyclic) bond motifs is 2. The molecule has 3 atom stereocenters. The summed E-state index contributed by atoms with van der Waals surface area (Å²) in [5.41, 5.74) is 2.39. The molecule has 2 aliphatic rings. The fraction of sp³-hybridized carbons (Fsp3) is 0.417. The van der Waals surface area contributed by atoms with E-state index in [2.05, 4.69) is 29.2 Å². The first kappa shape index (κ1) is 20.4. The van der Waals surface area contributed by atoms with Gasteiger partial charge in [0.2, 0.25) is 0 Å². The second kappa shape index (κ2) is 8.88. The fourth-order valence-electron chi connectivity index (χ4n) is 4.95. The molecule has 1 aliphatic heterocycles. The molecule has 2 aromatic carbocycles. The van der Waals surface area contributed by atoms with Crippen molar-refractivity contribution in [1.82, 2.24) is 4.90 Å². The average Bonchev–Trinajstić information content (AvgIpc) is 3.32. The number of benzene rings is 2. The molecule has 1 amide bonds. The van der Waals surface area contributed by atoms with Crippen LogP contribution < -0.4 is 4.90 Å². The lowest BCUT2D eigenvalue weighted by Gasteiger charge is -2.32. The zero-order valence-electron chi connectivity index (χ0n) is 17.5. The van der Waals surface area contributed by atoms with Gasteiger partial charge in [0.1, 0.15) is 0 Å². The van der Waals surface area contributed by atoms with Crippen molar-refractivity contribution in [1.29, 1.82) is 0 Å². The summed E-state index contributed by atoms with van der Waals surface area (Å²) in [6, 6.07) is 17.8. The topological polar surface area (TPSA) is 59.1 Å². The van der Waals surface area contributed by atoms with Crippen molar-refractivity contribution in [3.05, 3.63) is 65.7 Å². The minimum Gasteiger partial charge on any atom is -0.462 e. The van der Waals surface area contributed by atoms with Gasteiger partial charge in [0.25, 0.3) is 0 Å². The van der Waals surface area contributed by atoms with Crippen molar-refractivity contribution >= 4 is 17.7 Å². The van der Waals surface area contributed by atoms with Gasteiger partial charge in [-0.15, -0.1) is 0 Å². The number of carbonyl (C=O) groups excluding carboxylic acids is 2. The average molecular weight is 408 g/mol. The van der Waals surface area contributed by atoms with E-state index in [1.54, 1.807) is 30.0 Å². The van der Waals surface area contributed by atoms with E-state index in [-0.39, 0.29) is 24.1 Å². The molecule has 0 aromatic heterocycles. The van der Waals surface area contributed by atoms with Gasteiger partial charge in [-0.2, -0.15) is 0 Å². The lowest BCUT2D eigenvalue weighted by molar-refractivity contribution is 0.0526. The van der Waals surface area contributed by atoms with Crippen LogP contribution in [0, 0.1) is 5.92 Å². The van der Waals surface area contributed by atoms with Gasteiger partial charge < -0.3 is 9.47 Å². The van der Waals surface area contributed by atoms with E-state index in [1.165, 1.54) is 12.7 Å². The molecule has 2 fully saturated rings. The molecule has 1 saturated carbocycles. The van der Waals surface area contributed by atoms with Crippen LogP contribution >= 0.6 is 0 Å². The summed E-state index contributed by atoms with van der Waals surface area (Å²) in [4.78, 5) is 29.3. The molecule has 2 bridgehead atoms. The first-order chi connectivity index (χ1) is 14.6. The molecule has 0 radical (unpaired) electrons. The molecule has 1 aliphatic carbocycles. The van der Waals surface area contributed by atoms with Crippen LogP contribution in [-0.4, -0.2) is 49.3 Å². The number of piperidine rings is 1. The number of likely N-dealkylation sites (tertiary alicyclic amines) is 1. The Kier molecular flexibility index (Phi) is 6.04. The highest BCUT2D eigenvalue weighted by molar-refractivity contribution is 5.94. The molecule has 6 nitrogen and oxygen atoms in total. The van der Waals surface area contributed by atoms with Crippen LogP contribution in [0.2, 0.25) is 0 Å². The van der Waals surface area contributed by atoms with E-state index >= 15 is 0 Å².